The summed E-state index contributed by atoms with van der Waals surface area (Å²) in [5, 5.41) is 11.9. The zero-order chi connectivity index (χ0) is 19.4. The maximum absolute atomic E-state index is 12.5. The molecule has 2 aromatic heterocycles. The minimum Gasteiger partial charge on any atom is -0.383 e. The van der Waals surface area contributed by atoms with E-state index < -0.39 is 0 Å². The number of ether oxygens (including phenoxy) is 1. The van der Waals surface area contributed by atoms with E-state index in [1.165, 1.54) is 0 Å². The van der Waals surface area contributed by atoms with E-state index in [1.807, 2.05) is 36.5 Å². The number of nitrogens with zero attached hydrogens (tertiary/aromatic N) is 3. The van der Waals surface area contributed by atoms with Crippen molar-refractivity contribution >= 4 is 29.0 Å². The average Bonchev–Trinajstić information content (AvgIpc) is 3.30. The van der Waals surface area contributed by atoms with Crippen molar-refractivity contribution in [2.24, 2.45) is 13.0 Å². The molecule has 0 spiro atoms. The van der Waals surface area contributed by atoms with Crippen molar-refractivity contribution in [2.75, 3.05) is 32.1 Å². The van der Waals surface area contributed by atoms with Gasteiger partial charge in [-0.15, -0.1) is 11.3 Å². The number of thiophene rings is 1. The number of nitrogens with one attached hydrogen (secondary N) is 2. The fourth-order valence-corrected chi connectivity index (χ4v) is 4.09. The lowest BCUT2D eigenvalue weighted by Gasteiger charge is -2.27. The van der Waals surface area contributed by atoms with E-state index in [9.17, 15) is 9.59 Å². The highest BCUT2D eigenvalue weighted by atomic mass is 32.1. The van der Waals surface area contributed by atoms with Gasteiger partial charge < -0.3 is 20.3 Å². The molecule has 3 amide bonds. The van der Waals surface area contributed by atoms with Gasteiger partial charge in [0.15, 0.2) is 0 Å². The number of aromatic nitrogens is 2. The molecule has 1 fully saturated rings. The van der Waals surface area contributed by atoms with Crippen molar-refractivity contribution in [1.29, 1.82) is 0 Å². The highest BCUT2D eigenvalue weighted by Gasteiger charge is 2.41. The van der Waals surface area contributed by atoms with Crippen molar-refractivity contribution in [3.05, 3.63) is 34.3 Å². The van der Waals surface area contributed by atoms with Gasteiger partial charge in [-0.3, -0.25) is 9.48 Å². The summed E-state index contributed by atoms with van der Waals surface area (Å²) < 4.78 is 6.87. The van der Waals surface area contributed by atoms with E-state index >= 15 is 0 Å². The number of rotatable bonds is 7. The number of urea groups is 1. The zero-order valence-electron chi connectivity index (χ0n) is 15.8. The van der Waals surface area contributed by atoms with Gasteiger partial charge in [0.1, 0.15) is 0 Å². The predicted octanol–water partition coefficient (Wildman–Crippen LogP) is 2.15. The summed E-state index contributed by atoms with van der Waals surface area (Å²) in [7, 11) is 3.47. The van der Waals surface area contributed by atoms with Gasteiger partial charge >= 0.3 is 6.03 Å². The largest absolute Gasteiger partial charge is 0.383 e. The fourth-order valence-electron chi connectivity index (χ4n) is 3.45. The molecule has 0 saturated carbocycles. The molecule has 8 nitrogen and oxygen atoms in total. The van der Waals surface area contributed by atoms with E-state index in [0.717, 1.165) is 16.1 Å². The monoisotopic (exact) mass is 391 g/mol. The van der Waals surface area contributed by atoms with E-state index in [0.29, 0.717) is 26.1 Å². The van der Waals surface area contributed by atoms with Gasteiger partial charge in [0.05, 0.1) is 24.5 Å². The first-order valence-corrected chi connectivity index (χ1v) is 9.73. The molecule has 0 unspecified atom stereocenters. The number of hydrogen-bond acceptors (Lipinski definition) is 5. The minimum atomic E-state index is -0.263. The number of carbonyl (C=O) groups is 2. The highest BCUT2D eigenvalue weighted by Crippen LogP contribution is 2.37. The van der Waals surface area contributed by atoms with E-state index in [1.54, 1.807) is 29.3 Å². The molecule has 9 heteroatoms. The molecule has 0 bridgehead atoms. The summed E-state index contributed by atoms with van der Waals surface area (Å²) in [5.41, 5.74) is 1.75. The van der Waals surface area contributed by atoms with Crippen LogP contribution in [-0.4, -0.2) is 53.4 Å². The lowest BCUT2D eigenvalue weighted by Crippen LogP contribution is -2.36. The Morgan fingerprint density at radius 2 is 2.30 bits per heavy atom. The molecule has 2 aromatic rings. The number of methoxy groups -OCH3 is 1. The molecule has 1 aliphatic heterocycles. The molecular formula is C18H25N5O3S. The number of carbonyl (C=O) groups excluding carboxylic acids is 2. The van der Waals surface area contributed by atoms with Crippen molar-refractivity contribution in [2.45, 2.75) is 19.4 Å². The summed E-state index contributed by atoms with van der Waals surface area (Å²) in [6, 6.07) is 1.54. The van der Waals surface area contributed by atoms with Gasteiger partial charge in [-0.2, -0.15) is 5.10 Å². The van der Waals surface area contributed by atoms with E-state index in [4.69, 9.17) is 4.74 Å². The van der Waals surface area contributed by atoms with Gasteiger partial charge in [0, 0.05) is 61.6 Å². The van der Waals surface area contributed by atoms with Crippen LogP contribution in [0.4, 0.5) is 10.5 Å². The summed E-state index contributed by atoms with van der Waals surface area (Å²) >= 11 is 1.58. The maximum atomic E-state index is 12.5. The van der Waals surface area contributed by atoms with Crippen LogP contribution < -0.4 is 10.6 Å². The molecule has 3 rings (SSSR count). The number of anilines is 1. The first-order chi connectivity index (χ1) is 13.0. The average molecular weight is 391 g/mol. The number of hydrogen-bond donors (Lipinski definition) is 2. The van der Waals surface area contributed by atoms with E-state index in [-0.39, 0.29) is 23.9 Å². The van der Waals surface area contributed by atoms with Crippen LogP contribution in [0.5, 0.6) is 0 Å². The quantitative estimate of drug-likeness (QED) is 0.757. The highest BCUT2D eigenvalue weighted by molar-refractivity contribution is 7.10. The van der Waals surface area contributed by atoms with Crippen molar-refractivity contribution < 1.29 is 14.3 Å². The summed E-state index contributed by atoms with van der Waals surface area (Å²) in [4.78, 5) is 27.7. The van der Waals surface area contributed by atoms with Crippen molar-refractivity contribution in [3.63, 3.8) is 0 Å². The van der Waals surface area contributed by atoms with Crippen LogP contribution in [0, 0.1) is 12.8 Å². The topological polar surface area (TPSA) is 88.5 Å². The molecular weight excluding hydrogens is 366 g/mol. The second kappa shape index (κ2) is 8.53. The minimum absolute atomic E-state index is 0.0199. The number of aryl methyl sites for hydroxylation is 2. The Balaban J connectivity index is 1.66. The van der Waals surface area contributed by atoms with Crippen molar-refractivity contribution in [3.8, 4) is 0 Å². The molecule has 2 N–H and O–H groups in total. The fraction of sp³-hybridized carbons (Fsp3) is 0.500. The molecule has 27 heavy (non-hydrogen) atoms. The van der Waals surface area contributed by atoms with Gasteiger partial charge in [-0.05, 0) is 13.0 Å². The first kappa shape index (κ1) is 19.4. The third-order valence-electron chi connectivity index (χ3n) is 4.66. The van der Waals surface area contributed by atoms with E-state index in [2.05, 4.69) is 15.7 Å². The van der Waals surface area contributed by atoms with Crippen LogP contribution in [0.2, 0.25) is 0 Å². The smallest absolute Gasteiger partial charge is 0.319 e. The Hall–Kier alpha value is -2.39. The van der Waals surface area contributed by atoms with Crippen LogP contribution >= 0.6 is 11.3 Å². The van der Waals surface area contributed by atoms with Crippen LogP contribution in [0.3, 0.4) is 0 Å². The zero-order valence-corrected chi connectivity index (χ0v) is 16.6. The van der Waals surface area contributed by atoms with Crippen molar-refractivity contribution in [1.82, 2.24) is 20.0 Å². The molecule has 3 heterocycles. The molecule has 2 atom stereocenters. The summed E-state index contributed by atoms with van der Waals surface area (Å²) in [6.07, 6.45) is 4.09. The molecule has 0 aliphatic carbocycles. The Morgan fingerprint density at radius 1 is 1.48 bits per heavy atom. The molecule has 146 valence electrons. The normalized spacial score (nSPS) is 19.5. The van der Waals surface area contributed by atoms with Gasteiger partial charge in [0.2, 0.25) is 5.91 Å². The number of likely N-dealkylation sites (tertiary alicyclic amines) is 1. The van der Waals surface area contributed by atoms with Crippen LogP contribution in [0.25, 0.3) is 0 Å². The summed E-state index contributed by atoms with van der Waals surface area (Å²) in [6.45, 7) is 3.39. The molecule has 0 aromatic carbocycles. The van der Waals surface area contributed by atoms with Crippen LogP contribution in [0.15, 0.2) is 23.8 Å². The lowest BCUT2D eigenvalue weighted by atomic mass is 9.95. The second-order valence-corrected chi connectivity index (χ2v) is 7.83. The van der Waals surface area contributed by atoms with Gasteiger partial charge in [-0.1, -0.05) is 0 Å². The predicted molar refractivity (Wildman–Crippen MR) is 104 cm³/mol. The Morgan fingerprint density at radius 3 is 2.93 bits per heavy atom. The maximum Gasteiger partial charge on any atom is 0.319 e. The van der Waals surface area contributed by atoms with Gasteiger partial charge in [0.25, 0.3) is 0 Å². The standard InChI is InChI=1S/C18H25N5O3S/c1-12-6-15(11-27-12)21-18(25)19-8-13-7-16(24)23(4-5-26-3)17(13)14-9-20-22(2)10-14/h6,9-11,13,17H,4-5,7-8H2,1-3H3,(H2,19,21,25)/t13-,17+/m1/s1. The molecule has 0 radical (unpaired) electrons. The Bertz CT molecular complexity index is 803. The lowest BCUT2D eigenvalue weighted by molar-refractivity contribution is -0.129. The summed E-state index contributed by atoms with van der Waals surface area (Å²) in [5.74, 6) is 0.0510. The van der Waals surface area contributed by atoms with Gasteiger partial charge in [-0.25, -0.2) is 4.79 Å². The third kappa shape index (κ3) is 4.67. The Labute approximate surface area is 162 Å². The molecule has 1 saturated heterocycles. The third-order valence-corrected chi connectivity index (χ3v) is 5.52. The first-order valence-electron chi connectivity index (χ1n) is 8.85. The number of amides is 3. The van der Waals surface area contributed by atoms with Crippen LogP contribution in [-0.2, 0) is 16.6 Å². The second-order valence-electron chi connectivity index (χ2n) is 6.72. The SMILES string of the molecule is COCCN1C(=O)C[C@H](CNC(=O)Nc2csc(C)c2)[C@H]1c1cnn(C)c1. The Kier molecular flexibility index (Phi) is 6.12. The van der Waals surface area contributed by atoms with Crippen LogP contribution in [0.1, 0.15) is 22.9 Å². The molecule has 1 aliphatic rings.